The van der Waals surface area contributed by atoms with E-state index in [-0.39, 0.29) is 38.1 Å². The van der Waals surface area contributed by atoms with Gasteiger partial charge in [0.2, 0.25) is 5.91 Å². The van der Waals surface area contributed by atoms with E-state index in [1.807, 2.05) is 42.5 Å². The van der Waals surface area contributed by atoms with Gasteiger partial charge < -0.3 is 34.4 Å². The molecule has 0 radical (unpaired) electrons. The van der Waals surface area contributed by atoms with E-state index in [2.05, 4.69) is 58.7 Å². The smallest absolute Gasteiger partial charge is 0.216 e. The third kappa shape index (κ3) is 14.5. The average molecular weight is 954 g/mol. The molecule has 0 aliphatic heterocycles. The minimum absolute atomic E-state index is 0.0627. The molecule has 2 heterocycles. The van der Waals surface area contributed by atoms with Gasteiger partial charge in [-0.15, -0.1) is 0 Å². The number of rotatable bonds is 24. The second-order valence-corrected chi connectivity index (χ2v) is 17.2. The Labute approximate surface area is 408 Å². The number of carbonyl (C=O) groups excluding carboxylic acids is 2. The lowest BCUT2D eigenvalue weighted by atomic mass is 9.92. The van der Waals surface area contributed by atoms with Crippen LogP contribution >= 0.6 is 23.2 Å². The summed E-state index contributed by atoms with van der Waals surface area (Å²) >= 11 is 13.7. The second kappa shape index (κ2) is 25.3. The van der Waals surface area contributed by atoms with E-state index in [0.717, 1.165) is 74.9 Å². The molecule has 0 fully saturated rings. The number of nitrogens with one attached hydrogen (secondary N) is 2. The largest absolute Gasteiger partial charge is 0.488 e. The number of amides is 1. The first-order valence-electron chi connectivity index (χ1n) is 22.4. The molecule has 0 aliphatic rings. The Morgan fingerprint density at radius 3 is 1.63 bits per heavy atom. The van der Waals surface area contributed by atoms with Gasteiger partial charge in [-0.2, -0.15) is 10.5 Å². The predicted molar refractivity (Wildman–Crippen MR) is 263 cm³/mol. The molecule has 0 aliphatic carbocycles. The summed E-state index contributed by atoms with van der Waals surface area (Å²) in [7, 11) is 0. The molecule has 4 aromatic carbocycles. The van der Waals surface area contributed by atoms with Crippen LogP contribution in [0.3, 0.4) is 0 Å². The maximum absolute atomic E-state index is 11.5. The molecule has 0 bridgehead atoms. The number of nitrogens with zero attached hydrogens (tertiary/aromatic N) is 4. The highest BCUT2D eigenvalue weighted by Crippen LogP contribution is 2.38. The molecule has 0 saturated carbocycles. The standard InChI is InChI=1S/C54H54Cl2N6O6/c1-35(63)10-9-16-59-30-46-21-50(56)54(23-52(46)66-32-42-19-40(25-58)27-61-29-42)68-34-45-13-8-15-48(37(45)3)47-14-7-12-44(36(47)2)33-67-53-22-51(65-31-41-18-39(24-57)26-60-28-41)43(20-49(53)55)11-5-6-17-62-38(4)64/h7-8,12-15,18-23,26-29,59H,5-6,9-11,16-17,30-34H2,1-4H3,(H,62,64). The number of aromatic nitrogens is 2. The van der Waals surface area contributed by atoms with Gasteiger partial charge in [0.1, 0.15) is 67.3 Å². The van der Waals surface area contributed by atoms with Crippen molar-refractivity contribution in [3.05, 3.63) is 163 Å². The summed E-state index contributed by atoms with van der Waals surface area (Å²) in [6, 6.07) is 27.3. The number of ether oxygens (including phenoxy) is 4. The van der Waals surface area contributed by atoms with Crippen LogP contribution in [0.2, 0.25) is 10.0 Å². The fourth-order valence-corrected chi connectivity index (χ4v) is 8.00. The van der Waals surface area contributed by atoms with Gasteiger partial charge in [-0.1, -0.05) is 59.6 Å². The number of nitriles is 2. The van der Waals surface area contributed by atoms with Crippen molar-refractivity contribution in [1.82, 2.24) is 20.6 Å². The van der Waals surface area contributed by atoms with Gasteiger partial charge >= 0.3 is 0 Å². The van der Waals surface area contributed by atoms with Gasteiger partial charge in [0.25, 0.3) is 0 Å². The maximum Gasteiger partial charge on any atom is 0.216 e. The first-order chi connectivity index (χ1) is 32.9. The molecule has 350 valence electrons. The summed E-state index contributed by atoms with van der Waals surface area (Å²) in [5.74, 6) is 2.20. The molecule has 0 unspecified atom stereocenters. The van der Waals surface area contributed by atoms with Gasteiger partial charge in [0.05, 0.1) is 21.2 Å². The fraction of sp³-hybridized carbons (Fsp3) is 0.296. The molecule has 6 rings (SSSR count). The number of halogens is 2. The summed E-state index contributed by atoms with van der Waals surface area (Å²) in [6.07, 6.45) is 9.83. The summed E-state index contributed by atoms with van der Waals surface area (Å²) < 4.78 is 25.4. The van der Waals surface area contributed by atoms with Gasteiger partial charge in [0, 0.05) is 80.0 Å². The number of hydrogen-bond acceptors (Lipinski definition) is 11. The molecule has 0 saturated heterocycles. The van der Waals surface area contributed by atoms with Gasteiger partial charge in [-0.25, -0.2) is 0 Å². The molecule has 2 aromatic heterocycles. The van der Waals surface area contributed by atoms with E-state index in [0.29, 0.717) is 76.6 Å². The lowest BCUT2D eigenvalue weighted by molar-refractivity contribution is -0.119. The van der Waals surface area contributed by atoms with Crippen molar-refractivity contribution in [2.75, 3.05) is 13.1 Å². The summed E-state index contributed by atoms with van der Waals surface area (Å²) in [6.45, 7) is 9.80. The number of hydrogen-bond donors (Lipinski definition) is 2. The van der Waals surface area contributed by atoms with E-state index in [1.165, 1.54) is 19.3 Å². The van der Waals surface area contributed by atoms with Crippen molar-refractivity contribution in [1.29, 1.82) is 10.5 Å². The molecular formula is C54H54Cl2N6O6. The van der Waals surface area contributed by atoms with Crippen molar-refractivity contribution in [2.24, 2.45) is 0 Å². The maximum atomic E-state index is 11.5. The zero-order chi connectivity index (χ0) is 48.4. The van der Waals surface area contributed by atoms with Crippen LogP contribution in [-0.4, -0.2) is 34.7 Å². The first kappa shape index (κ1) is 50.5. The first-order valence-corrected chi connectivity index (χ1v) is 23.1. The van der Waals surface area contributed by atoms with Crippen LogP contribution in [0.5, 0.6) is 23.0 Å². The Kier molecular flexibility index (Phi) is 18.7. The number of benzene rings is 4. The molecule has 1 amide bonds. The fourth-order valence-electron chi connectivity index (χ4n) is 7.52. The van der Waals surface area contributed by atoms with Crippen LogP contribution in [-0.2, 0) is 49.0 Å². The van der Waals surface area contributed by atoms with E-state index in [4.69, 9.17) is 42.1 Å². The van der Waals surface area contributed by atoms with Crippen molar-refractivity contribution < 1.29 is 28.5 Å². The highest BCUT2D eigenvalue weighted by molar-refractivity contribution is 6.32. The SMILES string of the molecule is CC(=O)CCCNCc1cc(Cl)c(OCc2cccc(-c3cccc(COc4cc(OCc5cncc(C#N)c5)c(CCCCNC(C)=O)cc4Cl)c3C)c2C)cc1OCc1cncc(C#N)c1. The zero-order valence-corrected chi connectivity index (χ0v) is 40.2. The van der Waals surface area contributed by atoms with Gasteiger partial charge in [0.15, 0.2) is 0 Å². The summed E-state index contributed by atoms with van der Waals surface area (Å²) in [4.78, 5) is 31.1. The van der Waals surface area contributed by atoms with Gasteiger partial charge in [-0.05, 0) is 116 Å². The molecule has 68 heavy (non-hydrogen) atoms. The molecule has 0 spiro atoms. The molecule has 12 nitrogen and oxygen atoms in total. The second-order valence-electron chi connectivity index (χ2n) is 16.4. The van der Waals surface area contributed by atoms with Crippen LogP contribution in [0.25, 0.3) is 11.1 Å². The lowest BCUT2D eigenvalue weighted by Crippen LogP contribution is -2.20. The van der Waals surface area contributed by atoms with Crippen LogP contribution < -0.4 is 29.6 Å². The number of Topliss-reactive ketones (excluding diaryl/α,β-unsaturated/α-hetero) is 1. The molecular weight excluding hydrogens is 900 g/mol. The Morgan fingerprint density at radius 2 is 1.12 bits per heavy atom. The van der Waals surface area contributed by atoms with Crippen LogP contribution in [0.15, 0.2) is 97.6 Å². The molecule has 6 aromatic rings. The topological polar surface area (TPSA) is 168 Å². The van der Waals surface area contributed by atoms with Crippen molar-refractivity contribution in [2.45, 2.75) is 92.8 Å². The Bertz CT molecular complexity index is 2630. The van der Waals surface area contributed by atoms with E-state index >= 15 is 0 Å². The number of pyridine rings is 2. The van der Waals surface area contributed by atoms with Crippen molar-refractivity contribution in [3.63, 3.8) is 0 Å². The van der Waals surface area contributed by atoms with Crippen LogP contribution in [0.1, 0.15) is 95.2 Å². The average Bonchev–Trinajstić information content (AvgIpc) is 3.33. The Morgan fingerprint density at radius 1 is 0.603 bits per heavy atom. The normalized spacial score (nSPS) is 10.8. The van der Waals surface area contributed by atoms with E-state index in [1.54, 1.807) is 37.5 Å². The Hall–Kier alpha value is -6.96. The minimum Gasteiger partial charge on any atom is -0.488 e. The summed E-state index contributed by atoms with van der Waals surface area (Å²) in [5.41, 5.74) is 10.3. The molecule has 2 N–H and O–H groups in total. The van der Waals surface area contributed by atoms with Crippen molar-refractivity contribution in [3.8, 4) is 46.3 Å². The van der Waals surface area contributed by atoms with Crippen LogP contribution in [0, 0.1) is 36.5 Å². The zero-order valence-electron chi connectivity index (χ0n) is 38.7. The number of ketones is 1. The lowest BCUT2D eigenvalue weighted by Gasteiger charge is -2.19. The highest BCUT2D eigenvalue weighted by atomic mass is 35.5. The highest BCUT2D eigenvalue weighted by Gasteiger charge is 2.17. The molecule has 14 heteroatoms. The van der Waals surface area contributed by atoms with Gasteiger partial charge in [-0.3, -0.25) is 14.8 Å². The van der Waals surface area contributed by atoms with E-state index < -0.39 is 0 Å². The third-order valence-electron chi connectivity index (χ3n) is 11.3. The van der Waals surface area contributed by atoms with Crippen LogP contribution in [0.4, 0.5) is 0 Å². The van der Waals surface area contributed by atoms with Crippen molar-refractivity contribution >= 4 is 34.9 Å². The Balaban J connectivity index is 1.17. The molecule has 0 atom stereocenters. The summed E-state index contributed by atoms with van der Waals surface area (Å²) in [5, 5.41) is 25.8. The predicted octanol–water partition coefficient (Wildman–Crippen LogP) is 11.0. The number of aryl methyl sites for hydroxylation is 1. The number of carbonyl (C=O) groups is 2. The quantitative estimate of drug-likeness (QED) is 0.0554. The monoisotopic (exact) mass is 952 g/mol. The minimum atomic E-state index is -0.0627. The third-order valence-corrected chi connectivity index (χ3v) is 11.9. The number of unbranched alkanes of at least 4 members (excludes halogenated alkanes) is 1. The van der Waals surface area contributed by atoms with E-state index in [9.17, 15) is 20.1 Å².